The zero-order valence-corrected chi connectivity index (χ0v) is 14.9. The summed E-state index contributed by atoms with van der Waals surface area (Å²) in [6.45, 7) is 5.80. The lowest BCUT2D eigenvalue weighted by Crippen LogP contribution is -2.60. The van der Waals surface area contributed by atoms with Crippen molar-refractivity contribution in [2.45, 2.75) is 26.3 Å². The molecule has 2 aliphatic rings. The highest BCUT2D eigenvalue weighted by molar-refractivity contribution is 5.94. The van der Waals surface area contributed by atoms with Crippen LogP contribution >= 0.6 is 0 Å². The van der Waals surface area contributed by atoms with E-state index >= 15 is 0 Å². The molecule has 0 unspecified atom stereocenters. The number of amides is 1. The number of hydrogen-bond acceptors (Lipinski definition) is 6. The van der Waals surface area contributed by atoms with Gasteiger partial charge in [0.2, 0.25) is 5.95 Å². The Bertz CT molecular complexity index is 762. The van der Waals surface area contributed by atoms with Gasteiger partial charge in [-0.25, -0.2) is 9.97 Å². The first-order valence-electron chi connectivity index (χ1n) is 8.98. The summed E-state index contributed by atoms with van der Waals surface area (Å²) in [6.07, 6.45) is 7.12. The van der Waals surface area contributed by atoms with Gasteiger partial charge >= 0.3 is 0 Å². The summed E-state index contributed by atoms with van der Waals surface area (Å²) in [5.74, 6) is 0.517. The van der Waals surface area contributed by atoms with E-state index < -0.39 is 0 Å². The number of aromatic nitrogens is 3. The number of hydrogen-bond donors (Lipinski definition) is 1. The summed E-state index contributed by atoms with van der Waals surface area (Å²) < 4.78 is 5.42. The molecule has 2 aromatic heterocycles. The van der Waals surface area contributed by atoms with Crippen LogP contribution in [0.15, 0.2) is 30.7 Å². The molecule has 2 fully saturated rings. The second-order valence-corrected chi connectivity index (χ2v) is 7.23. The number of carbonyl (C=O) groups excluding carboxylic acids is 1. The van der Waals surface area contributed by atoms with Crippen LogP contribution in [0.4, 0.5) is 5.95 Å². The second-order valence-electron chi connectivity index (χ2n) is 7.23. The van der Waals surface area contributed by atoms with Gasteiger partial charge in [-0.3, -0.25) is 9.78 Å². The third kappa shape index (κ3) is 3.53. The maximum Gasteiger partial charge on any atom is 0.257 e. The van der Waals surface area contributed by atoms with Gasteiger partial charge in [-0.05, 0) is 31.4 Å². The normalized spacial score (nSPS) is 18.4. The molecular weight excluding hydrogens is 330 g/mol. The van der Waals surface area contributed by atoms with Crippen LogP contribution in [-0.2, 0) is 11.3 Å². The number of ether oxygens (including phenoxy) is 1. The molecule has 0 atom stereocenters. The molecule has 2 saturated heterocycles. The van der Waals surface area contributed by atoms with Gasteiger partial charge in [-0.2, -0.15) is 0 Å². The molecule has 0 bridgehead atoms. The minimum absolute atomic E-state index is 0.0106. The monoisotopic (exact) mass is 353 g/mol. The van der Waals surface area contributed by atoms with Crippen molar-refractivity contribution in [3.8, 4) is 0 Å². The first-order chi connectivity index (χ1) is 12.6. The van der Waals surface area contributed by atoms with Gasteiger partial charge < -0.3 is 15.0 Å². The van der Waals surface area contributed by atoms with Crippen LogP contribution in [0.2, 0.25) is 0 Å². The number of nitrogens with zero attached hydrogens (tertiary/aromatic N) is 4. The molecule has 1 N–H and O–H groups in total. The number of anilines is 1. The van der Waals surface area contributed by atoms with Crippen molar-refractivity contribution in [3.63, 3.8) is 0 Å². The Kier molecular flexibility index (Phi) is 4.55. The summed E-state index contributed by atoms with van der Waals surface area (Å²) in [4.78, 5) is 27.2. The number of rotatable bonds is 4. The van der Waals surface area contributed by atoms with Crippen molar-refractivity contribution in [1.29, 1.82) is 0 Å². The molecule has 0 radical (unpaired) electrons. The number of carbonyl (C=O) groups is 1. The third-order valence-corrected chi connectivity index (χ3v) is 5.22. The summed E-state index contributed by atoms with van der Waals surface area (Å²) >= 11 is 0. The summed E-state index contributed by atoms with van der Waals surface area (Å²) in [5, 5.41) is 3.15. The quantitative estimate of drug-likeness (QED) is 0.906. The van der Waals surface area contributed by atoms with Crippen LogP contribution < -0.4 is 5.32 Å². The van der Waals surface area contributed by atoms with Crippen molar-refractivity contribution >= 4 is 11.9 Å². The number of likely N-dealkylation sites (tertiary alicyclic amines) is 1. The van der Waals surface area contributed by atoms with Crippen LogP contribution in [0.3, 0.4) is 0 Å². The fraction of sp³-hybridized carbons (Fsp3) is 0.474. The van der Waals surface area contributed by atoms with Gasteiger partial charge in [0.1, 0.15) is 0 Å². The van der Waals surface area contributed by atoms with E-state index in [2.05, 4.69) is 20.3 Å². The molecule has 2 aromatic rings. The van der Waals surface area contributed by atoms with Gasteiger partial charge in [0.05, 0.1) is 5.56 Å². The van der Waals surface area contributed by atoms with Crippen LogP contribution in [0.25, 0.3) is 0 Å². The molecule has 26 heavy (non-hydrogen) atoms. The Balaban J connectivity index is 1.31. The van der Waals surface area contributed by atoms with E-state index in [-0.39, 0.29) is 11.3 Å². The van der Waals surface area contributed by atoms with Crippen molar-refractivity contribution in [1.82, 2.24) is 19.9 Å². The van der Waals surface area contributed by atoms with E-state index in [1.165, 1.54) is 0 Å². The number of aryl methyl sites for hydroxylation is 1. The highest BCUT2D eigenvalue weighted by Crippen LogP contribution is 2.40. The molecule has 4 rings (SSSR count). The number of nitrogens with one attached hydrogen (secondary N) is 1. The Labute approximate surface area is 152 Å². The molecule has 1 spiro atoms. The smallest absolute Gasteiger partial charge is 0.257 e. The largest absolute Gasteiger partial charge is 0.381 e. The van der Waals surface area contributed by atoms with Crippen molar-refractivity contribution in [2.24, 2.45) is 5.41 Å². The molecule has 0 aliphatic carbocycles. The van der Waals surface area contributed by atoms with Gasteiger partial charge in [0, 0.05) is 62.5 Å². The average Bonchev–Trinajstić information content (AvgIpc) is 2.66. The maximum absolute atomic E-state index is 12.6. The Hall–Kier alpha value is -2.54. The molecule has 1 amide bonds. The van der Waals surface area contributed by atoms with E-state index in [0.29, 0.717) is 18.1 Å². The topological polar surface area (TPSA) is 80.2 Å². The second kappa shape index (κ2) is 6.99. The predicted octanol–water partition coefficient (Wildman–Crippen LogP) is 2.04. The molecule has 0 saturated carbocycles. The van der Waals surface area contributed by atoms with Crippen LogP contribution in [-0.4, -0.2) is 52.1 Å². The third-order valence-electron chi connectivity index (χ3n) is 5.22. The first kappa shape index (κ1) is 16.9. The van der Waals surface area contributed by atoms with Crippen molar-refractivity contribution < 1.29 is 9.53 Å². The highest BCUT2D eigenvalue weighted by atomic mass is 16.5. The van der Waals surface area contributed by atoms with E-state index in [0.717, 1.165) is 50.4 Å². The van der Waals surface area contributed by atoms with Crippen LogP contribution in [0, 0.1) is 12.3 Å². The van der Waals surface area contributed by atoms with Crippen LogP contribution in [0.5, 0.6) is 0 Å². The molecule has 7 heteroatoms. The minimum Gasteiger partial charge on any atom is -0.381 e. The average molecular weight is 353 g/mol. The molecule has 7 nitrogen and oxygen atoms in total. The summed E-state index contributed by atoms with van der Waals surface area (Å²) in [5.41, 5.74) is 2.86. The standard InChI is InChI=1S/C19H23N5O2/c1-14-2-3-15(8-20-14)9-21-18-22-10-16(11-23-18)17(25)24-12-19(13-24)4-6-26-7-5-19/h2-3,8,10-11H,4-7,9,12-13H2,1H3,(H,21,22,23). The zero-order valence-electron chi connectivity index (χ0n) is 14.9. The Morgan fingerprint density at radius 1 is 1.15 bits per heavy atom. The van der Waals surface area contributed by atoms with Crippen molar-refractivity contribution in [3.05, 3.63) is 47.5 Å². The van der Waals surface area contributed by atoms with Gasteiger partial charge in [0.15, 0.2) is 0 Å². The van der Waals surface area contributed by atoms with E-state index in [1.807, 2.05) is 30.2 Å². The molecular formula is C19H23N5O2. The Morgan fingerprint density at radius 3 is 2.54 bits per heavy atom. The lowest BCUT2D eigenvalue weighted by molar-refractivity contribution is -0.0666. The molecule has 4 heterocycles. The van der Waals surface area contributed by atoms with E-state index in [9.17, 15) is 4.79 Å². The fourth-order valence-corrected chi connectivity index (χ4v) is 3.52. The first-order valence-corrected chi connectivity index (χ1v) is 8.98. The van der Waals surface area contributed by atoms with E-state index in [1.54, 1.807) is 12.4 Å². The van der Waals surface area contributed by atoms with Gasteiger partial charge in [-0.1, -0.05) is 6.07 Å². The lowest BCUT2D eigenvalue weighted by atomic mass is 9.73. The van der Waals surface area contributed by atoms with Crippen LogP contribution in [0.1, 0.15) is 34.5 Å². The van der Waals surface area contributed by atoms with E-state index in [4.69, 9.17) is 4.74 Å². The summed E-state index contributed by atoms with van der Waals surface area (Å²) in [7, 11) is 0. The summed E-state index contributed by atoms with van der Waals surface area (Å²) in [6, 6.07) is 3.99. The lowest BCUT2D eigenvalue weighted by Gasteiger charge is -2.52. The SMILES string of the molecule is Cc1ccc(CNc2ncc(C(=O)N3CC4(CCOCC4)C3)cn2)cn1. The number of pyridine rings is 1. The minimum atomic E-state index is 0.0106. The molecule has 0 aromatic carbocycles. The van der Waals surface area contributed by atoms with Gasteiger partial charge in [-0.15, -0.1) is 0 Å². The van der Waals surface area contributed by atoms with Gasteiger partial charge in [0.25, 0.3) is 5.91 Å². The predicted molar refractivity (Wildman–Crippen MR) is 96.7 cm³/mol. The van der Waals surface area contributed by atoms with Crippen molar-refractivity contribution in [2.75, 3.05) is 31.6 Å². The fourth-order valence-electron chi connectivity index (χ4n) is 3.52. The zero-order chi connectivity index (χ0) is 18.0. The maximum atomic E-state index is 12.6. The Morgan fingerprint density at radius 2 is 1.88 bits per heavy atom. The molecule has 136 valence electrons. The highest BCUT2D eigenvalue weighted by Gasteiger charge is 2.45. The molecule has 2 aliphatic heterocycles.